The van der Waals surface area contributed by atoms with Crippen LogP contribution in [-0.2, 0) is 17.4 Å². The minimum Gasteiger partial charge on any atom is -0.368 e. The van der Waals surface area contributed by atoms with E-state index in [-0.39, 0.29) is 30.4 Å². The van der Waals surface area contributed by atoms with Crippen molar-refractivity contribution in [1.82, 2.24) is 10.3 Å². The minimum atomic E-state index is -4.63. The van der Waals surface area contributed by atoms with Crippen LogP contribution >= 0.6 is 11.3 Å². The third-order valence-corrected chi connectivity index (χ3v) is 6.69. The molecule has 1 aliphatic rings. The second-order valence-electron chi connectivity index (χ2n) is 8.27. The first-order valence-corrected chi connectivity index (χ1v) is 11.4. The van der Waals surface area contributed by atoms with E-state index in [1.807, 2.05) is 6.07 Å². The number of carbonyl (C=O) groups excluding carboxylic acids is 2. The Hall–Kier alpha value is -3.27. The first-order valence-electron chi connectivity index (χ1n) is 10.5. The summed E-state index contributed by atoms with van der Waals surface area (Å²) in [6, 6.07) is 7.88. The van der Waals surface area contributed by atoms with Gasteiger partial charge in [0.2, 0.25) is 5.91 Å². The number of alkyl halides is 3. The van der Waals surface area contributed by atoms with Gasteiger partial charge in [0.05, 0.1) is 27.7 Å². The molecule has 10 heteroatoms. The van der Waals surface area contributed by atoms with Gasteiger partial charge in [0.25, 0.3) is 5.91 Å². The van der Waals surface area contributed by atoms with Crippen LogP contribution in [0.5, 0.6) is 0 Å². The van der Waals surface area contributed by atoms with E-state index >= 15 is 0 Å². The second kappa shape index (κ2) is 9.17. The van der Waals surface area contributed by atoms with Gasteiger partial charge in [0.15, 0.2) is 0 Å². The van der Waals surface area contributed by atoms with Crippen LogP contribution in [0.1, 0.15) is 56.5 Å². The molecule has 1 aliphatic carbocycles. The Morgan fingerprint density at radius 3 is 2.56 bits per heavy atom. The summed E-state index contributed by atoms with van der Waals surface area (Å²) in [4.78, 5) is 28.8. The van der Waals surface area contributed by atoms with Crippen LogP contribution in [0.15, 0.2) is 36.4 Å². The Bertz CT molecular complexity index is 1270. The number of carbonyl (C=O) groups is 2. The number of aryl methyl sites for hydroxylation is 1. The van der Waals surface area contributed by atoms with Gasteiger partial charge in [-0.1, -0.05) is 6.07 Å². The lowest BCUT2D eigenvalue weighted by Gasteiger charge is -2.11. The lowest BCUT2D eigenvalue weighted by molar-refractivity contribution is -0.137. The zero-order valence-corrected chi connectivity index (χ0v) is 18.9. The normalized spacial score (nSPS) is 13.7. The van der Waals surface area contributed by atoms with Crippen LogP contribution in [0.2, 0.25) is 0 Å². The van der Waals surface area contributed by atoms with Crippen LogP contribution in [0, 0.1) is 12.7 Å². The van der Waals surface area contributed by atoms with Crippen molar-refractivity contribution in [2.24, 2.45) is 5.73 Å². The molecule has 34 heavy (non-hydrogen) atoms. The van der Waals surface area contributed by atoms with Crippen LogP contribution in [0.25, 0.3) is 10.4 Å². The molecule has 1 aromatic heterocycles. The van der Waals surface area contributed by atoms with E-state index < -0.39 is 23.5 Å². The van der Waals surface area contributed by atoms with Gasteiger partial charge in [-0.25, -0.2) is 9.37 Å². The van der Waals surface area contributed by atoms with Gasteiger partial charge >= 0.3 is 6.18 Å². The van der Waals surface area contributed by atoms with Gasteiger partial charge < -0.3 is 11.1 Å². The number of hydrogen-bond acceptors (Lipinski definition) is 4. The van der Waals surface area contributed by atoms with Crippen molar-refractivity contribution in [2.45, 2.75) is 38.3 Å². The monoisotopic (exact) mass is 491 g/mol. The number of nitrogens with two attached hydrogens (primary N) is 1. The zero-order valence-electron chi connectivity index (χ0n) is 18.1. The first-order chi connectivity index (χ1) is 16.0. The molecule has 0 atom stereocenters. The van der Waals surface area contributed by atoms with E-state index in [0.717, 1.165) is 41.0 Å². The predicted octanol–water partition coefficient (Wildman–Crippen LogP) is 4.96. The molecule has 1 saturated carbocycles. The number of hydrogen-bond donors (Lipinski definition) is 2. The molecule has 178 valence electrons. The van der Waals surface area contributed by atoms with Gasteiger partial charge in [-0.2, -0.15) is 13.2 Å². The standard InChI is InChI=1S/C24H21F4N3O2S/c1-12-22(34-21(31-12)8-13-6-16(24(26,27)28)10-17(25)7-13)15-4-5-18(19(9-15)14-2-3-14)23(33)30-11-20(29)32/h4-7,9-10,14H,2-3,8,11H2,1H3,(H2,29,32)(H,30,33). The zero-order chi connectivity index (χ0) is 24.6. The molecule has 0 unspecified atom stereocenters. The highest BCUT2D eigenvalue weighted by molar-refractivity contribution is 7.15. The molecule has 0 spiro atoms. The number of halogens is 4. The molecular weight excluding hydrogens is 470 g/mol. The quantitative estimate of drug-likeness (QED) is 0.458. The van der Waals surface area contributed by atoms with E-state index in [4.69, 9.17) is 5.73 Å². The molecule has 1 heterocycles. The van der Waals surface area contributed by atoms with E-state index in [1.165, 1.54) is 11.3 Å². The van der Waals surface area contributed by atoms with Crippen LogP contribution in [0.3, 0.4) is 0 Å². The van der Waals surface area contributed by atoms with E-state index in [1.54, 1.807) is 19.1 Å². The SMILES string of the molecule is Cc1nc(Cc2cc(F)cc(C(F)(F)F)c2)sc1-c1ccc(C(=O)NCC(N)=O)c(C2CC2)c1. The molecule has 4 rings (SSSR count). The topological polar surface area (TPSA) is 85.1 Å². The number of rotatable bonds is 7. The molecule has 5 nitrogen and oxygen atoms in total. The van der Waals surface area contributed by atoms with Gasteiger partial charge in [-0.05, 0) is 72.7 Å². The van der Waals surface area contributed by atoms with E-state index in [9.17, 15) is 27.2 Å². The smallest absolute Gasteiger partial charge is 0.368 e. The molecule has 0 aliphatic heterocycles. The minimum absolute atomic E-state index is 0.0649. The summed E-state index contributed by atoms with van der Waals surface area (Å²) >= 11 is 1.32. The van der Waals surface area contributed by atoms with Gasteiger partial charge in [0, 0.05) is 12.0 Å². The lowest BCUT2D eigenvalue weighted by Crippen LogP contribution is -2.33. The maximum absolute atomic E-state index is 13.8. The highest BCUT2D eigenvalue weighted by Crippen LogP contribution is 2.44. The van der Waals surface area contributed by atoms with Crippen molar-refractivity contribution in [3.05, 3.63) is 75.2 Å². The van der Waals surface area contributed by atoms with Crippen molar-refractivity contribution >= 4 is 23.2 Å². The Morgan fingerprint density at radius 1 is 1.18 bits per heavy atom. The summed E-state index contributed by atoms with van der Waals surface area (Å²) in [5.41, 5.74) is 7.14. The van der Waals surface area contributed by atoms with Crippen LogP contribution < -0.4 is 11.1 Å². The fourth-order valence-corrected chi connectivity index (χ4v) is 4.89. The lowest BCUT2D eigenvalue weighted by atomic mass is 9.98. The summed E-state index contributed by atoms with van der Waals surface area (Å²) < 4.78 is 52.9. The summed E-state index contributed by atoms with van der Waals surface area (Å²) in [5.74, 6) is -1.71. The number of nitrogens with zero attached hydrogens (tertiary/aromatic N) is 1. The average molecular weight is 492 g/mol. The molecular formula is C24H21F4N3O2S. The van der Waals surface area contributed by atoms with Crippen LogP contribution in [0.4, 0.5) is 17.6 Å². The Kier molecular flexibility index (Phi) is 6.44. The summed E-state index contributed by atoms with van der Waals surface area (Å²) in [7, 11) is 0. The number of benzene rings is 2. The average Bonchev–Trinajstić information content (AvgIpc) is 3.53. The number of primary amides is 1. The second-order valence-corrected chi connectivity index (χ2v) is 9.35. The number of nitrogens with one attached hydrogen (secondary N) is 1. The summed E-state index contributed by atoms with van der Waals surface area (Å²) in [6.45, 7) is 1.55. The third-order valence-electron chi connectivity index (χ3n) is 5.48. The van der Waals surface area contributed by atoms with E-state index in [0.29, 0.717) is 22.3 Å². The largest absolute Gasteiger partial charge is 0.416 e. The summed E-state index contributed by atoms with van der Waals surface area (Å²) in [5, 5.41) is 3.07. The molecule has 0 bridgehead atoms. The number of aromatic nitrogens is 1. The van der Waals surface area contributed by atoms with Crippen LogP contribution in [-0.4, -0.2) is 23.3 Å². The maximum Gasteiger partial charge on any atom is 0.416 e. The maximum atomic E-state index is 13.8. The van der Waals surface area contributed by atoms with Crippen molar-refractivity contribution < 1.29 is 27.2 Å². The van der Waals surface area contributed by atoms with Crippen molar-refractivity contribution in [1.29, 1.82) is 0 Å². The molecule has 0 radical (unpaired) electrons. The fraction of sp³-hybridized carbons (Fsp3) is 0.292. The predicted molar refractivity (Wildman–Crippen MR) is 120 cm³/mol. The van der Waals surface area contributed by atoms with E-state index in [2.05, 4.69) is 10.3 Å². The highest BCUT2D eigenvalue weighted by atomic mass is 32.1. The molecule has 0 saturated heterocycles. The van der Waals surface area contributed by atoms with Gasteiger partial charge in [-0.15, -0.1) is 11.3 Å². The molecule has 3 aromatic rings. The first kappa shape index (κ1) is 23.9. The molecule has 1 fully saturated rings. The van der Waals surface area contributed by atoms with Gasteiger partial charge in [0.1, 0.15) is 5.82 Å². The molecule has 2 aromatic carbocycles. The summed E-state index contributed by atoms with van der Waals surface area (Å²) in [6.07, 6.45) is -2.66. The Labute approximate surface area is 197 Å². The van der Waals surface area contributed by atoms with Crippen molar-refractivity contribution in [2.75, 3.05) is 6.54 Å². The highest BCUT2D eigenvalue weighted by Gasteiger charge is 2.32. The van der Waals surface area contributed by atoms with Crippen molar-refractivity contribution in [3.63, 3.8) is 0 Å². The molecule has 2 amide bonds. The Morgan fingerprint density at radius 2 is 1.91 bits per heavy atom. The van der Waals surface area contributed by atoms with Crippen molar-refractivity contribution in [3.8, 4) is 10.4 Å². The van der Waals surface area contributed by atoms with Gasteiger partial charge in [-0.3, -0.25) is 9.59 Å². The fourth-order valence-electron chi connectivity index (χ4n) is 3.79. The number of thiazole rings is 1. The number of amides is 2. The third kappa shape index (κ3) is 5.44. The molecule has 3 N–H and O–H groups in total. The Balaban J connectivity index is 1.61.